The van der Waals surface area contributed by atoms with Gasteiger partial charge in [0.2, 0.25) is 0 Å². The van der Waals surface area contributed by atoms with E-state index >= 15 is 0 Å². The van der Waals surface area contributed by atoms with Crippen molar-refractivity contribution in [3.63, 3.8) is 0 Å². The van der Waals surface area contributed by atoms with Crippen molar-refractivity contribution in [3.8, 4) is 0 Å². The summed E-state index contributed by atoms with van der Waals surface area (Å²) >= 11 is 8.03. The molecule has 0 bridgehead atoms. The standard InChI is InChI=1S/C15H20ClN3S/c1-2-20-13-7-3-6-12(13)19-14(8-9-16)18-11-5-4-10-17-15(11)19/h4-5,10,12-13H,2-3,6-9H2,1H3. The van der Waals surface area contributed by atoms with Gasteiger partial charge in [-0.15, -0.1) is 11.6 Å². The lowest BCUT2D eigenvalue weighted by Crippen LogP contribution is -2.19. The Hall–Kier alpha value is -0.740. The van der Waals surface area contributed by atoms with Crippen LogP contribution in [0.1, 0.15) is 38.1 Å². The minimum absolute atomic E-state index is 0.526. The number of hydrogen-bond acceptors (Lipinski definition) is 3. The van der Waals surface area contributed by atoms with Gasteiger partial charge in [0.25, 0.3) is 0 Å². The van der Waals surface area contributed by atoms with E-state index in [0.717, 1.165) is 23.4 Å². The topological polar surface area (TPSA) is 30.7 Å². The molecular weight excluding hydrogens is 290 g/mol. The number of fused-ring (bicyclic) bond motifs is 1. The number of aromatic nitrogens is 3. The number of imidazole rings is 1. The maximum atomic E-state index is 5.96. The molecule has 3 rings (SSSR count). The molecule has 5 heteroatoms. The molecule has 1 aliphatic rings. The van der Waals surface area contributed by atoms with Gasteiger partial charge in [-0.1, -0.05) is 13.3 Å². The highest BCUT2D eigenvalue weighted by Gasteiger charge is 2.31. The van der Waals surface area contributed by atoms with Crippen molar-refractivity contribution in [2.75, 3.05) is 11.6 Å². The van der Waals surface area contributed by atoms with Gasteiger partial charge in [-0.3, -0.25) is 0 Å². The van der Waals surface area contributed by atoms with Crippen molar-refractivity contribution in [2.45, 2.75) is 43.9 Å². The van der Waals surface area contributed by atoms with Crippen molar-refractivity contribution in [1.82, 2.24) is 14.5 Å². The Balaban J connectivity index is 2.05. The van der Waals surface area contributed by atoms with Crippen molar-refractivity contribution in [2.24, 2.45) is 0 Å². The molecule has 2 unspecified atom stereocenters. The van der Waals surface area contributed by atoms with Crippen molar-refractivity contribution >= 4 is 34.5 Å². The molecule has 108 valence electrons. The van der Waals surface area contributed by atoms with Crippen LogP contribution in [0.15, 0.2) is 18.3 Å². The first-order valence-corrected chi connectivity index (χ1v) is 8.93. The number of thioether (sulfide) groups is 1. The van der Waals surface area contributed by atoms with Crippen LogP contribution in [0.5, 0.6) is 0 Å². The molecule has 2 aromatic heterocycles. The fourth-order valence-electron chi connectivity index (χ4n) is 3.20. The molecule has 20 heavy (non-hydrogen) atoms. The molecule has 2 heterocycles. The molecule has 0 saturated heterocycles. The highest BCUT2D eigenvalue weighted by atomic mass is 35.5. The normalized spacial score (nSPS) is 22.7. The summed E-state index contributed by atoms with van der Waals surface area (Å²) in [5.41, 5.74) is 2.03. The van der Waals surface area contributed by atoms with Gasteiger partial charge in [0.1, 0.15) is 11.3 Å². The van der Waals surface area contributed by atoms with Crippen LogP contribution in [0.4, 0.5) is 0 Å². The molecule has 0 aromatic carbocycles. The predicted octanol–water partition coefficient (Wildman–Crippen LogP) is 4.06. The second kappa shape index (κ2) is 6.35. The molecule has 1 saturated carbocycles. The molecule has 0 aliphatic heterocycles. The Morgan fingerprint density at radius 3 is 3.15 bits per heavy atom. The Bertz CT molecular complexity index is 584. The first kappa shape index (κ1) is 14.2. The highest BCUT2D eigenvalue weighted by Crippen LogP contribution is 2.40. The number of alkyl halides is 1. The highest BCUT2D eigenvalue weighted by molar-refractivity contribution is 7.99. The van der Waals surface area contributed by atoms with Crippen molar-refractivity contribution < 1.29 is 0 Å². The van der Waals surface area contributed by atoms with Gasteiger partial charge in [-0.05, 0) is 30.7 Å². The Kier molecular flexibility index (Phi) is 4.51. The summed E-state index contributed by atoms with van der Waals surface area (Å²) in [4.78, 5) is 9.32. The summed E-state index contributed by atoms with van der Waals surface area (Å²) in [6, 6.07) is 4.53. The van der Waals surface area contributed by atoms with Crippen LogP contribution in [0, 0.1) is 0 Å². The molecule has 0 spiro atoms. The number of hydrogen-bond donors (Lipinski definition) is 0. The van der Waals surface area contributed by atoms with Gasteiger partial charge < -0.3 is 4.57 Å². The first-order chi connectivity index (χ1) is 9.85. The van der Waals surface area contributed by atoms with Crippen molar-refractivity contribution in [3.05, 3.63) is 24.2 Å². The molecule has 1 fully saturated rings. The molecule has 1 aliphatic carbocycles. The predicted molar refractivity (Wildman–Crippen MR) is 86.8 cm³/mol. The number of aryl methyl sites for hydroxylation is 1. The number of rotatable bonds is 5. The summed E-state index contributed by atoms with van der Waals surface area (Å²) < 4.78 is 2.37. The van der Waals surface area contributed by atoms with E-state index in [1.807, 2.05) is 18.3 Å². The maximum absolute atomic E-state index is 5.96. The summed E-state index contributed by atoms with van der Waals surface area (Å²) in [5.74, 6) is 2.88. The second-order valence-electron chi connectivity index (χ2n) is 5.18. The monoisotopic (exact) mass is 309 g/mol. The van der Waals surface area contributed by atoms with E-state index in [1.54, 1.807) is 0 Å². The molecule has 2 atom stereocenters. The van der Waals surface area contributed by atoms with Gasteiger partial charge in [-0.25, -0.2) is 9.97 Å². The van der Waals surface area contributed by atoms with Crippen LogP contribution < -0.4 is 0 Å². The van der Waals surface area contributed by atoms with E-state index < -0.39 is 0 Å². The van der Waals surface area contributed by atoms with E-state index in [4.69, 9.17) is 16.6 Å². The largest absolute Gasteiger partial charge is 0.308 e. The van der Waals surface area contributed by atoms with Crippen LogP contribution >= 0.6 is 23.4 Å². The zero-order chi connectivity index (χ0) is 13.9. The number of pyridine rings is 1. The van der Waals surface area contributed by atoms with E-state index in [-0.39, 0.29) is 0 Å². The van der Waals surface area contributed by atoms with E-state index in [0.29, 0.717) is 17.2 Å². The van der Waals surface area contributed by atoms with Crippen LogP contribution in [0.2, 0.25) is 0 Å². The van der Waals surface area contributed by atoms with Crippen LogP contribution in [-0.2, 0) is 6.42 Å². The van der Waals surface area contributed by atoms with Gasteiger partial charge in [0.15, 0.2) is 5.65 Å². The zero-order valence-corrected chi connectivity index (χ0v) is 13.3. The Morgan fingerprint density at radius 1 is 1.45 bits per heavy atom. The van der Waals surface area contributed by atoms with Gasteiger partial charge in [0, 0.05) is 29.8 Å². The van der Waals surface area contributed by atoms with Gasteiger partial charge >= 0.3 is 0 Å². The number of halogens is 1. The summed E-state index contributed by atoms with van der Waals surface area (Å²) in [6.45, 7) is 2.24. The lowest BCUT2D eigenvalue weighted by atomic mass is 10.2. The molecular formula is C15H20ClN3S. The van der Waals surface area contributed by atoms with Crippen molar-refractivity contribution in [1.29, 1.82) is 0 Å². The van der Waals surface area contributed by atoms with Crippen LogP contribution in [0.3, 0.4) is 0 Å². The number of nitrogens with zero attached hydrogens (tertiary/aromatic N) is 3. The fraction of sp³-hybridized carbons (Fsp3) is 0.600. The smallest absolute Gasteiger partial charge is 0.160 e. The molecule has 0 amide bonds. The zero-order valence-electron chi connectivity index (χ0n) is 11.8. The molecule has 0 N–H and O–H groups in total. The average molecular weight is 310 g/mol. The van der Waals surface area contributed by atoms with Crippen LogP contribution in [-0.4, -0.2) is 31.4 Å². The summed E-state index contributed by atoms with van der Waals surface area (Å²) in [5, 5.41) is 0.688. The van der Waals surface area contributed by atoms with E-state index in [9.17, 15) is 0 Å². The third-order valence-electron chi connectivity index (χ3n) is 3.97. The lowest BCUT2D eigenvalue weighted by Gasteiger charge is -2.22. The second-order valence-corrected chi connectivity index (χ2v) is 7.07. The van der Waals surface area contributed by atoms with Gasteiger partial charge in [-0.2, -0.15) is 11.8 Å². The quantitative estimate of drug-likeness (QED) is 0.780. The summed E-state index contributed by atoms with van der Waals surface area (Å²) in [7, 11) is 0. The minimum atomic E-state index is 0.526. The Labute approximate surface area is 129 Å². The first-order valence-electron chi connectivity index (χ1n) is 7.34. The molecule has 3 nitrogen and oxygen atoms in total. The SMILES string of the molecule is CCSC1CCCC1n1c(CCCl)nc2cccnc21. The maximum Gasteiger partial charge on any atom is 0.160 e. The van der Waals surface area contributed by atoms with E-state index in [1.165, 1.54) is 25.0 Å². The molecule has 0 radical (unpaired) electrons. The fourth-order valence-corrected chi connectivity index (χ4v) is 4.61. The molecule has 2 aromatic rings. The third kappa shape index (κ3) is 2.56. The third-order valence-corrected chi connectivity index (χ3v) is 5.47. The summed E-state index contributed by atoms with van der Waals surface area (Å²) in [6.07, 6.45) is 6.51. The average Bonchev–Trinajstić information content (AvgIpc) is 3.03. The van der Waals surface area contributed by atoms with E-state index in [2.05, 4.69) is 28.2 Å². The minimum Gasteiger partial charge on any atom is -0.308 e. The van der Waals surface area contributed by atoms with Crippen LogP contribution in [0.25, 0.3) is 11.2 Å². The Morgan fingerprint density at radius 2 is 2.35 bits per heavy atom. The lowest BCUT2D eigenvalue weighted by molar-refractivity contribution is 0.519. The van der Waals surface area contributed by atoms with Gasteiger partial charge in [0.05, 0.1) is 0 Å².